The molecular weight excluding hydrogens is 391 g/mol. The normalized spacial score (nSPS) is 20.5. The molecule has 3 aliphatic rings. The zero-order valence-electron chi connectivity index (χ0n) is 17.1. The standard InChI is InChI=1S/C24H21FN6/c1-27-21-4-15(25)3-19-18(21)6-22-23(19)24(31-16-5-17(31)11-29-10-16)20(12-30-22)14-2-13(7-26)8-28-9-14/h2-4,8-9,12,16-17,27,29H,5-6,10-11H2,1H3. The van der Waals surface area contributed by atoms with Gasteiger partial charge in [-0.05, 0) is 35.7 Å². The van der Waals surface area contributed by atoms with Crippen LogP contribution in [0.2, 0.25) is 0 Å². The van der Waals surface area contributed by atoms with Gasteiger partial charge in [0.1, 0.15) is 11.9 Å². The van der Waals surface area contributed by atoms with E-state index < -0.39 is 0 Å². The van der Waals surface area contributed by atoms with Crippen LogP contribution in [0.1, 0.15) is 23.2 Å². The fourth-order valence-electron chi connectivity index (χ4n) is 5.37. The zero-order valence-corrected chi connectivity index (χ0v) is 17.1. The molecule has 1 aromatic carbocycles. The van der Waals surface area contributed by atoms with Crippen molar-refractivity contribution in [3.05, 3.63) is 59.4 Å². The number of benzene rings is 1. The molecular formula is C24H21FN6. The highest BCUT2D eigenvalue weighted by Crippen LogP contribution is 2.51. The monoisotopic (exact) mass is 412 g/mol. The lowest BCUT2D eigenvalue weighted by atomic mass is 9.85. The van der Waals surface area contributed by atoms with Crippen molar-refractivity contribution in [2.75, 3.05) is 30.4 Å². The molecule has 4 heterocycles. The average molecular weight is 412 g/mol. The number of nitrogens with zero attached hydrogens (tertiary/aromatic N) is 4. The molecule has 1 aliphatic carbocycles. The molecule has 2 fully saturated rings. The van der Waals surface area contributed by atoms with E-state index in [9.17, 15) is 9.65 Å². The fourth-order valence-corrected chi connectivity index (χ4v) is 5.37. The Bertz CT molecular complexity index is 1250. The van der Waals surface area contributed by atoms with Gasteiger partial charge in [0.15, 0.2) is 0 Å². The van der Waals surface area contributed by atoms with E-state index in [2.05, 4.69) is 26.6 Å². The third-order valence-corrected chi connectivity index (χ3v) is 6.75. The van der Waals surface area contributed by atoms with Crippen LogP contribution in [-0.2, 0) is 6.42 Å². The van der Waals surface area contributed by atoms with Gasteiger partial charge >= 0.3 is 0 Å². The van der Waals surface area contributed by atoms with Crippen LogP contribution in [0, 0.1) is 17.1 Å². The van der Waals surface area contributed by atoms with E-state index in [-0.39, 0.29) is 5.82 Å². The smallest absolute Gasteiger partial charge is 0.125 e. The summed E-state index contributed by atoms with van der Waals surface area (Å²) in [7, 11) is 1.82. The summed E-state index contributed by atoms with van der Waals surface area (Å²) in [4.78, 5) is 11.6. The van der Waals surface area contributed by atoms with Crippen molar-refractivity contribution < 1.29 is 4.39 Å². The molecule has 6 rings (SSSR count). The molecule has 2 atom stereocenters. The third-order valence-electron chi connectivity index (χ3n) is 6.75. The molecule has 154 valence electrons. The summed E-state index contributed by atoms with van der Waals surface area (Å²) < 4.78 is 14.6. The summed E-state index contributed by atoms with van der Waals surface area (Å²) in [6, 6.07) is 8.02. The lowest BCUT2D eigenvalue weighted by Gasteiger charge is -2.55. The molecule has 6 nitrogen and oxygen atoms in total. The number of aromatic nitrogens is 2. The van der Waals surface area contributed by atoms with Crippen molar-refractivity contribution in [1.29, 1.82) is 5.26 Å². The number of nitrogens with one attached hydrogen (secondary N) is 2. The van der Waals surface area contributed by atoms with E-state index in [1.165, 1.54) is 0 Å². The highest BCUT2D eigenvalue weighted by atomic mass is 19.1. The number of anilines is 2. The predicted octanol–water partition coefficient (Wildman–Crippen LogP) is 3.32. The van der Waals surface area contributed by atoms with Gasteiger partial charge in [-0.15, -0.1) is 0 Å². The maximum atomic E-state index is 14.6. The van der Waals surface area contributed by atoms with Gasteiger partial charge in [-0.1, -0.05) is 0 Å². The molecule has 2 aromatic heterocycles. The summed E-state index contributed by atoms with van der Waals surface area (Å²) in [5.74, 6) is -0.258. The van der Waals surface area contributed by atoms with Crippen LogP contribution in [0.5, 0.6) is 0 Å². The van der Waals surface area contributed by atoms with E-state index in [1.807, 2.05) is 19.3 Å². The van der Waals surface area contributed by atoms with Crippen molar-refractivity contribution in [1.82, 2.24) is 15.3 Å². The molecule has 7 heteroatoms. The number of rotatable bonds is 3. The number of piperidine rings is 1. The fraction of sp³-hybridized carbons (Fsp3) is 0.292. The quantitative estimate of drug-likeness (QED) is 0.538. The van der Waals surface area contributed by atoms with E-state index >= 15 is 0 Å². The number of fused-ring (bicyclic) bond motifs is 5. The van der Waals surface area contributed by atoms with Gasteiger partial charge < -0.3 is 15.5 Å². The van der Waals surface area contributed by atoms with Crippen LogP contribution in [-0.4, -0.2) is 42.2 Å². The Morgan fingerprint density at radius 3 is 2.74 bits per heavy atom. The number of hydrogen-bond acceptors (Lipinski definition) is 6. The largest absolute Gasteiger partial charge is 0.388 e. The molecule has 0 saturated carbocycles. The molecule has 2 N–H and O–H groups in total. The Kier molecular flexibility index (Phi) is 3.99. The van der Waals surface area contributed by atoms with Crippen LogP contribution < -0.4 is 15.5 Å². The lowest BCUT2D eigenvalue weighted by molar-refractivity contribution is 0.263. The van der Waals surface area contributed by atoms with Crippen molar-refractivity contribution in [2.24, 2.45) is 0 Å². The molecule has 0 spiro atoms. The Hall–Kier alpha value is -3.50. The summed E-state index contributed by atoms with van der Waals surface area (Å²) >= 11 is 0. The molecule has 3 aromatic rings. The Balaban J connectivity index is 1.63. The minimum Gasteiger partial charge on any atom is -0.388 e. The van der Waals surface area contributed by atoms with E-state index in [1.54, 1.807) is 24.5 Å². The molecule has 2 aliphatic heterocycles. The number of nitriles is 1. The van der Waals surface area contributed by atoms with Gasteiger partial charge in [0.2, 0.25) is 0 Å². The van der Waals surface area contributed by atoms with Crippen LogP contribution >= 0.6 is 0 Å². The van der Waals surface area contributed by atoms with Crippen molar-refractivity contribution in [2.45, 2.75) is 24.9 Å². The molecule has 31 heavy (non-hydrogen) atoms. The van der Waals surface area contributed by atoms with E-state index in [0.29, 0.717) is 24.1 Å². The van der Waals surface area contributed by atoms with Crippen molar-refractivity contribution in [3.8, 4) is 28.3 Å². The van der Waals surface area contributed by atoms with Crippen LogP contribution in [0.3, 0.4) is 0 Å². The molecule has 0 amide bonds. The first-order valence-corrected chi connectivity index (χ1v) is 10.5. The molecule has 2 unspecified atom stereocenters. The number of piperazine rings is 1. The van der Waals surface area contributed by atoms with Gasteiger partial charge in [-0.25, -0.2) is 4.39 Å². The first-order valence-electron chi connectivity index (χ1n) is 10.5. The number of pyridine rings is 2. The van der Waals surface area contributed by atoms with E-state index in [0.717, 1.165) is 64.4 Å². The minimum absolute atomic E-state index is 0.258. The first-order chi connectivity index (χ1) is 15.2. The summed E-state index contributed by atoms with van der Waals surface area (Å²) in [6.07, 6.45) is 7.07. The van der Waals surface area contributed by atoms with E-state index in [4.69, 9.17) is 4.98 Å². The molecule has 2 saturated heterocycles. The maximum absolute atomic E-state index is 14.6. The first kappa shape index (κ1) is 18.3. The van der Waals surface area contributed by atoms with Gasteiger partial charge in [-0.3, -0.25) is 9.97 Å². The Morgan fingerprint density at radius 1 is 1.16 bits per heavy atom. The van der Waals surface area contributed by atoms with Gasteiger partial charge in [0, 0.05) is 79.6 Å². The van der Waals surface area contributed by atoms with Crippen molar-refractivity contribution >= 4 is 11.4 Å². The lowest BCUT2D eigenvalue weighted by Crippen LogP contribution is -2.68. The highest BCUT2D eigenvalue weighted by molar-refractivity contribution is 5.97. The second-order valence-corrected chi connectivity index (χ2v) is 8.43. The van der Waals surface area contributed by atoms with Gasteiger partial charge in [-0.2, -0.15) is 5.26 Å². The van der Waals surface area contributed by atoms with Crippen LogP contribution in [0.15, 0.2) is 36.8 Å². The second-order valence-electron chi connectivity index (χ2n) is 8.43. The number of halogens is 1. The third kappa shape index (κ3) is 2.65. The zero-order chi connectivity index (χ0) is 21.1. The van der Waals surface area contributed by atoms with Crippen molar-refractivity contribution in [3.63, 3.8) is 0 Å². The minimum atomic E-state index is -0.258. The predicted molar refractivity (Wildman–Crippen MR) is 117 cm³/mol. The number of hydrogen-bond donors (Lipinski definition) is 2. The second kappa shape index (κ2) is 6.76. The van der Waals surface area contributed by atoms with Crippen LogP contribution in [0.25, 0.3) is 22.3 Å². The molecule has 0 radical (unpaired) electrons. The highest BCUT2D eigenvalue weighted by Gasteiger charge is 2.44. The average Bonchev–Trinajstić information content (AvgIpc) is 3.18. The topological polar surface area (TPSA) is 76.9 Å². The summed E-state index contributed by atoms with van der Waals surface area (Å²) in [5, 5.41) is 16.0. The van der Waals surface area contributed by atoms with Gasteiger partial charge in [0.05, 0.1) is 16.9 Å². The maximum Gasteiger partial charge on any atom is 0.125 e. The Labute approximate surface area is 179 Å². The van der Waals surface area contributed by atoms with Gasteiger partial charge in [0.25, 0.3) is 0 Å². The summed E-state index contributed by atoms with van der Waals surface area (Å²) in [5.41, 5.74) is 8.20. The van der Waals surface area contributed by atoms with Crippen LogP contribution in [0.4, 0.5) is 15.8 Å². The molecule has 2 bridgehead atoms. The summed E-state index contributed by atoms with van der Waals surface area (Å²) in [6.45, 7) is 1.86. The SMILES string of the molecule is CNc1cc(F)cc2c1Cc1ncc(-c3cncc(C#N)c3)c(N3C4CNCC3C4)c1-2. The Morgan fingerprint density at radius 2 is 2.00 bits per heavy atom.